The third-order valence-electron chi connectivity index (χ3n) is 4.61. The molecule has 0 bridgehead atoms. The lowest BCUT2D eigenvalue weighted by molar-refractivity contribution is 0.270. The molecule has 128 valence electrons. The Hall–Kier alpha value is -2.14. The first-order chi connectivity index (χ1) is 11.7. The molecule has 3 rings (SSSR count). The Bertz CT molecular complexity index is 662. The number of hydrogen-bond donors (Lipinski definition) is 1. The molecule has 0 aliphatic carbocycles. The van der Waals surface area contributed by atoms with Crippen molar-refractivity contribution in [3.63, 3.8) is 0 Å². The molecule has 0 radical (unpaired) electrons. The highest BCUT2D eigenvalue weighted by atomic mass is 15.3. The minimum Gasteiger partial charge on any atom is -0.354 e. The van der Waals surface area contributed by atoms with Crippen LogP contribution in [0.4, 0.5) is 17.5 Å². The van der Waals surface area contributed by atoms with Crippen molar-refractivity contribution in [2.75, 3.05) is 42.9 Å². The standard InChI is InChI=1S/C19H27N5/c1-4-23-11-13-24(14-12-23)18-9-10-20-19(22-18)21-17-8-6-5-7-16(17)15(2)3/h5-10,15H,4,11-14H2,1-3H3,(H,20,21,22). The second-order valence-electron chi connectivity index (χ2n) is 6.53. The van der Waals surface area contributed by atoms with Gasteiger partial charge in [-0.15, -0.1) is 0 Å². The quantitative estimate of drug-likeness (QED) is 0.912. The van der Waals surface area contributed by atoms with Crippen molar-refractivity contribution in [1.82, 2.24) is 14.9 Å². The van der Waals surface area contributed by atoms with Gasteiger partial charge in [-0.05, 0) is 30.2 Å². The minimum atomic E-state index is 0.457. The van der Waals surface area contributed by atoms with E-state index >= 15 is 0 Å². The number of benzene rings is 1. The molecule has 1 aliphatic rings. The first-order valence-corrected chi connectivity index (χ1v) is 8.83. The first-order valence-electron chi connectivity index (χ1n) is 8.83. The number of nitrogens with zero attached hydrogens (tertiary/aromatic N) is 4. The Morgan fingerprint density at radius 2 is 1.83 bits per heavy atom. The van der Waals surface area contributed by atoms with Crippen LogP contribution in [0.5, 0.6) is 0 Å². The molecule has 0 spiro atoms. The van der Waals surface area contributed by atoms with Crippen molar-refractivity contribution in [1.29, 1.82) is 0 Å². The summed E-state index contributed by atoms with van der Waals surface area (Å²) in [5.41, 5.74) is 2.36. The second-order valence-corrected chi connectivity index (χ2v) is 6.53. The van der Waals surface area contributed by atoms with Crippen LogP contribution in [-0.2, 0) is 0 Å². The molecule has 1 aromatic heterocycles. The maximum Gasteiger partial charge on any atom is 0.229 e. The summed E-state index contributed by atoms with van der Waals surface area (Å²) in [5, 5.41) is 3.39. The Morgan fingerprint density at radius 1 is 1.08 bits per heavy atom. The molecule has 1 aromatic carbocycles. The van der Waals surface area contributed by atoms with E-state index in [4.69, 9.17) is 4.98 Å². The van der Waals surface area contributed by atoms with Gasteiger partial charge in [0.05, 0.1) is 0 Å². The van der Waals surface area contributed by atoms with Crippen molar-refractivity contribution >= 4 is 17.5 Å². The molecule has 24 heavy (non-hydrogen) atoms. The van der Waals surface area contributed by atoms with Gasteiger partial charge in [0.2, 0.25) is 5.95 Å². The van der Waals surface area contributed by atoms with Crippen molar-refractivity contribution in [2.24, 2.45) is 0 Å². The lowest BCUT2D eigenvalue weighted by Crippen LogP contribution is -2.46. The molecule has 0 atom stereocenters. The zero-order chi connectivity index (χ0) is 16.9. The number of nitrogens with one attached hydrogen (secondary N) is 1. The highest BCUT2D eigenvalue weighted by Crippen LogP contribution is 2.26. The van der Waals surface area contributed by atoms with E-state index in [1.165, 1.54) is 5.56 Å². The van der Waals surface area contributed by atoms with Crippen LogP contribution in [-0.4, -0.2) is 47.6 Å². The summed E-state index contributed by atoms with van der Waals surface area (Å²) in [6.45, 7) is 12.0. The normalized spacial score (nSPS) is 15.8. The monoisotopic (exact) mass is 325 g/mol. The van der Waals surface area contributed by atoms with Crippen LogP contribution in [0, 0.1) is 0 Å². The molecule has 1 fully saturated rings. The molecule has 1 saturated heterocycles. The Kier molecular flexibility index (Phi) is 5.30. The van der Waals surface area contributed by atoms with E-state index in [9.17, 15) is 0 Å². The van der Waals surface area contributed by atoms with Crippen LogP contribution in [0.25, 0.3) is 0 Å². The molecule has 1 N–H and O–H groups in total. The molecule has 1 aliphatic heterocycles. The van der Waals surface area contributed by atoms with Crippen LogP contribution in [0.1, 0.15) is 32.3 Å². The zero-order valence-corrected chi connectivity index (χ0v) is 14.9. The van der Waals surface area contributed by atoms with E-state index in [1.54, 1.807) is 0 Å². The zero-order valence-electron chi connectivity index (χ0n) is 14.9. The number of anilines is 3. The molecule has 5 heteroatoms. The fraction of sp³-hybridized carbons (Fsp3) is 0.474. The van der Waals surface area contributed by atoms with Gasteiger partial charge in [0.1, 0.15) is 5.82 Å². The summed E-state index contributed by atoms with van der Waals surface area (Å²) >= 11 is 0. The molecule has 2 heterocycles. The van der Waals surface area contributed by atoms with Crippen LogP contribution >= 0.6 is 0 Å². The maximum atomic E-state index is 4.73. The SMILES string of the molecule is CCN1CCN(c2ccnc(Nc3ccccc3C(C)C)n2)CC1. The number of hydrogen-bond acceptors (Lipinski definition) is 5. The Labute approximate surface area is 144 Å². The molecule has 0 unspecified atom stereocenters. The van der Waals surface area contributed by atoms with E-state index in [0.717, 1.165) is 44.2 Å². The first kappa shape index (κ1) is 16.7. The Balaban J connectivity index is 1.75. The lowest BCUT2D eigenvalue weighted by Gasteiger charge is -2.34. The topological polar surface area (TPSA) is 44.3 Å². The number of likely N-dealkylation sites (N-methyl/N-ethyl adjacent to an activating group) is 1. The number of piperazine rings is 1. The van der Waals surface area contributed by atoms with Gasteiger partial charge < -0.3 is 15.1 Å². The molecule has 0 saturated carbocycles. The Morgan fingerprint density at radius 3 is 2.54 bits per heavy atom. The number of rotatable bonds is 5. The van der Waals surface area contributed by atoms with Crippen LogP contribution in [0.3, 0.4) is 0 Å². The van der Waals surface area contributed by atoms with Gasteiger partial charge in [-0.1, -0.05) is 39.0 Å². The van der Waals surface area contributed by atoms with Crippen molar-refractivity contribution in [3.8, 4) is 0 Å². The van der Waals surface area contributed by atoms with E-state index in [-0.39, 0.29) is 0 Å². The second kappa shape index (κ2) is 7.62. The average molecular weight is 325 g/mol. The van der Waals surface area contributed by atoms with E-state index in [1.807, 2.05) is 18.3 Å². The fourth-order valence-electron chi connectivity index (χ4n) is 3.11. The van der Waals surface area contributed by atoms with Crippen molar-refractivity contribution in [3.05, 3.63) is 42.1 Å². The van der Waals surface area contributed by atoms with E-state index < -0.39 is 0 Å². The average Bonchev–Trinajstić information content (AvgIpc) is 2.62. The van der Waals surface area contributed by atoms with Crippen LogP contribution < -0.4 is 10.2 Å². The van der Waals surface area contributed by atoms with Crippen molar-refractivity contribution in [2.45, 2.75) is 26.7 Å². The predicted octanol–water partition coefficient (Wildman–Crippen LogP) is 3.49. The van der Waals surface area contributed by atoms with E-state index in [2.05, 4.69) is 59.1 Å². The highest BCUT2D eigenvalue weighted by molar-refractivity contribution is 5.60. The third kappa shape index (κ3) is 3.85. The predicted molar refractivity (Wildman–Crippen MR) is 100 cm³/mol. The van der Waals surface area contributed by atoms with Gasteiger partial charge in [0.15, 0.2) is 0 Å². The summed E-state index contributed by atoms with van der Waals surface area (Å²) < 4.78 is 0. The fourth-order valence-corrected chi connectivity index (χ4v) is 3.11. The minimum absolute atomic E-state index is 0.457. The van der Waals surface area contributed by atoms with Gasteiger partial charge in [0, 0.05) is 38.1 Å². The molecular formula is C19H27N5. The lowest BCUT2D eigenvalue weighted by atomic mass is 10.0. The summed E-state index contributed by atoms with van der Waals surface area (Å²) in [6.07, 6.45) is 1.84. The van der Waals surface area contributed by atoms with Crippen molar-refractivity contribution < 1.29 is 0 Å². The molecule has 2 aromatic rings. The third-order valence-corrected chi connectivity index (χ3v) is 4.61. The molecule has 5 nitrogen and oxygen atoms in total. The largest absolute Gasteiger partial charge is 0.354 e. The van der Waals surface area contributed by atoms with Gasteiger partial charge in [-0.2, -0.15) is 4.98 Å². The molecular weight excluding hydrogens is 298 g/mol. The smallest absolute Gasteiger partial charge is 0.229 e. The summed E-state index contributed by atoms with van der Waals surface area (Å²) in [6, 6.07) is 10.4. The van der Waals surface area contributed by atoms with Crippen LogP contribution in [0.15, 0.2) is 36.5 Å². The molecule has 0 amide bonds. The van der Waals surface area contributed by atoms with Gasteiger partial charge in [-0.25, -0.2) is 4.98 Å². The summed E-state index contributed by atoms with van der Waals surface area (Å²) in [4.78, 5) is 13.9. The number of para-hydroxylation sites is 1. The van der Waals surface area contributed by atoms with E-state index in [0.29, 0.717) is 11.9 Å². The van der Waals surface area contributed by atoms with Gasteiger partial charge in [-0.3, -0.25) is 0 Å². The van der Waals surface area contributed by atoms with Gasteiger partial charge >= 0.3 is 0 Å². The van der Waals surface area contributed by atoms with Gasteiger partial charge in [0.25, 0.3) is 0 Å². The summed E-state index contributed by atoms with van der Waals surface area (Å²) in [7, 11) is 0. The summed E-state index contributed by atoms with van der Waals surface area (Å²) in [5.74, 6) is 2.13. The highest BCUT2D eigenvalue weighted by Gasteiger charge is 2.17. The van der Waals surface area contributed by atoms with Crippen LogP contribution in [0.2, 0.25) is 0 Å². The number of aromatic nitrogens is 2. The maximum absolute atomic E-state index is 4.73.